The van der Waals surface area contributed by atoms with Crippen LogP contribution in [0.3, 0.4) is 0 Å². The minimum Gasteiger partial charge on any atom is -0.468 e. The molecule has 0 saturated carbocycles. The molecule has 0 aliphatic carbocycles. The summed E-state index contributed by atoms with van der Waals surface area (Å²) in [4.78, 5) is 12.1. The molecule has 0 fully saturated rings. The Morgan fingerprint density at radius 1 is 1.41 bits per heavy atom. The van der Waals surface area contributed by atoms with Crippen LogP contribution in [0.5, 0.6) is 0 Å². The van der Waals surface area contributed by atoms with Crippen molar-refractivity contribution in [1.82, 2.24) is 0 Å². The predicted octanol–water partition coefficient (Wildman–Crippen LogP) is 3.58. The lowest BCUT2D eigenvalue weighted by Gasteiger charge is -2.14. The Morgan fingerprint density at radius 2 is 2.00 bits per heavy atom. The van der Waals surface area contributed by atoms with E-state index in [0.717, 1.165) is 0 Å². The second-order valence-electron chi connectivity index (χ2n) is 3.03. The van der Waals surface area contributed by atoms with Crippen molar-refractivity contribution in [3.8, 4) is 0 Å². The predicted molar refractivity (Wildman–Crippen MR) is 66.5 cm³/mol. The van der Waals surface area contributed by atoms with E-state index in [1.165, 1.54) is 12.3 Å². The van der Waals surface area contributed by atoms with Crippen LogP contribution in [0.15, 0.2) is 16.7 Å². The molecule has 17 heavy (non-hydrogen) atoms. The fourth-order valence-electron chi connectivity index (χ4n) is 1.28. The van der Waals surface area contributed by atoms with Gasteiger partial charge >= 0.3 is 7.60 Å². The zero-order valence-electron chi connectivity index (χ0n) is 9.64. The standard InChI is InChI=1S/C10H14BrO5P/c1-3-15-17(13,16-4-2)10(12)8-5-6-14-9(8)7-11/h5-6H,3-4,7H2,1-2H3. The zero-order chi connectivity index (χ0) is 12.9. The normalized spacial score (nSPS) is 11.7. The molecule has 0 aliphatic rings. The van der Waals surface area contributed by atoms with Gasteiger partial charge in [0.05, 0.1) is 30.4 Å². The Kier molecular flexibility index (Phi) is 5.59. The first-order valence-electron chi connectivity index (χ1n) is 5.15. The van der Waals surface area contributed by atoms with Crippen molar-refractivity contribution < 1.29 is 22.8 Å². The van der Waals surface area contributed by atoms with Crippen LogP contribution in [0.2, 0.25) is 0 Å². The van der Waals surface area contributed by atoms with E-state index < -0.39 is 13.1 Å². The Balaban J connectivity index is 3.04. The van der Waals surface area contributed by atoms with Gasteiger partial charge < -0.3 is 13.5 Å². The summed E-state index contributed by atoms with van der Waals surface area (Å²) in [7, 11) is -3.76. The summed E-state index contributed by atoms with van der Waals surface area (Å²) >= 11 is 3.18. The highest BCUT2D eigenvalue weighted by atomic mass is 79.9. The van der Waals surface area contributed by atoms with E-state index in [-0.39, 0.29) is 18.8 Å². The second kappa shape index (κ2) is 6.50. The van der Waals surface area contributed by atoms with Crippen molar-refractivity contribution in [1.29, 1.82) is 0 Å². The monoisotopic (exact) mass is 324 g/mol. The van der Waals surface area contributed by atoms with Gasteiger partial charge in [0.15, 0.2) is 0 Å². The van der Waals surface area contributed by atoms with Crippen LogP contribution in [0.25, 0.3) is 0 Å². The molecular weight excluding hydrogens is 311 g/mol. The van der Waals surface area contributed by atoms with Crippen LogP contribution in [-0.2, 0) is 18.9 Å². The molecule has 5 nitrogen and oxygen atoms in total. The van der Waals surface area contributed by atoms with Gasteiger partial charge in [-0.3, -0.25) is 9.36 Å². The molecule has 0 N–H and O–H groups in total. The van der Waals surface area contributed by atoms with Gasteiger partial charge in [-0.05, 0) is 19.9 Å². The van der Waals surface area contributed by atoms with Crippen LogP contribution in [0, 0.1) is 0 Å². The van der Waals surface area contributed by atoms with Crippen molar-refractivity contribution in [3.63, 3.8) is 0 Å². The first kappa shape index (κ1) is 14.6. The molecule has 0 aromatic carbocycles. The smallest absolute Gasteiger partial charge is 0.401 e. The molecule has 1 rings (SSSR count). The number of carbonyl (C=O) groups is 1. The lowest BCUT2D eigenvalue weighted by atomic mass is 10.3. The summed E-state index contributed by atoms with van der Waals surface area (Å²) in [6.07, 6.45) is 1.37. The molecule has 0 unspecified atom stereocenters. The molecule has 0 atom stereocenters. The fraction of sp³-hybridized carbons (Fsp3) is 0.500. The third-order valence-corrected chi connectivity index (χ3v) is 4.39. The zero-order valence-corrected chi connectivity index (χ0v) is 12.1. The highest BCUT2D eigenvalue weighted by molar-refractivity contribution is 9.08. The lowest BCUT2D eigenvalue weighted by molar-refractivity contribution is 0.0999. The number of rotatable bonds is 7. The molecule has 0 bridgehead atoms. The largest absolute Gasteiger partial charge is 0.468 e. The topological polar surface area (TPSA) is 65.7 Å². The Hall–Kier alpha value is -0.420. The maximum absolute atomic E-state index is 12.2. The van der Waals surface area contributed by atoms with E-state index >= 15 is 0 Å². The number of furan rings is 1. The van der Waals surface area contributed by atoms with Crippen LogP contribution in [0.4, 0.5) is 0 Å². The van der Waals surface area contributed by atoms with Crippen molar-refractivity contribution in [3.05, 3.63) is 23.7 Å². The number of hydrogen-bond acceptors (Lipinski definition) is 5. The van der Waals surface area contributed by atoms with Crippen LogP contribution < -0.4 is 0 Å². The molecule has 0 spiro atoms. The molecule has 0 amide bonds. The van der Waals surface area contributed by atoms with E-state index in [4.69, 9.17) is 13.5 Å². The van der Waals surface area contributed by atoms with E-state index in [9.17, 15) is 9.36 Å². The number of halogens is 1. The third-order valence-electron chi connectivity index (χ3n) is 1.94. The van der Waals surface area contributed by atoms with Crippen LogP contribution in [0.1, 0.15) is 30.0 Å². The molecule has 1 aromatic rings. The maximum Gasteiger partial charge on any atom is 0.401 e. The van der Waals surface area contributed by atoms with Crippen molar-refractivity contribution >= 4 is 29.1 Å². The lowest BCUT2D eigenvalue weighted by Crippen LogP contribution is -2.08. The fourth-order valence-corrected chi connectivity index (χ4v) is 3.19. The van der Waals surface area contributed by atoms with Crippen molar-refractivity contribution in [2.24, 2.45) is 0 Å². The summed E-state index contributed by atoms with van der Waals surface area (Å²) in [6, 6.07) is 1.46. The third kappa shape index (κ3) is 3.28. The molecule has 7 heteroatoms. The van der Waals surface area contributed by atoms with Gasteiger partial charge in [0.2, 0.25) is 0 Å². The number of carbonyl (C=O) groups excluding carboxylic acids is 1. The molecular formula is C10H14BrO5P. The summed E-state index contributed by atoms with van der Waals surface area (Å²) in [6.45, 7) is 3.59. The maximum atomic E-state index is 12.2. The van der Waals surface area contributed by atoms with Crippen LogP contribution in [-0.4, -0.2) is 18.7 Å². The average Bonchev–Trinajstić information content (AvgIpc) is 2.76. The summed E-state index contributed by atoms with van der Waals surface area (Å²) < 4.78 is 27.3. The van der Waals surface area contributed by atoms with Crippen LogP contribution >= 0.6 is 23.5 Å². The Bertz CT molecular complexity index is 418. The molecule has 1 aromatic heterocycles. The SMILES string of the molecule is CCOP(=O)(OCC)C(=O)c1ccoc1CBr. The van der Waals surface area contributed by atoms with Gasteiger partial charge in [0.25, 0.3) is 5.52 Å². The average molecular weight is 325 g/mol. The van der Waals surface area contributed by atoms with Gasteiger partial charge in [-0.25, -0.2) is 0 Å². The van der Waals surface area contributed by atoms with E-state index in [1.807, 2.05) is 0 Å². The highest BCUT2D eigenvalue weighted by Crippen LogP contribution is 2.51. The van der Waals surface area contributed by atoms with Crippen molar-refractivity contribution in [2.45, 2.75) is 19.2 Å². The Morgan fingerprint density at radius 3 is 2.47 bits per heavy atom. The summed E-state index contributed by atoms with van der Waals surface area (Å²) in [5.41, 5.74) is -0.434. The minimum absolute atomic E-state index is 0.143. The highest BCUT2D eigenvalue weighted by Gasteiger charge is 2.37. The quantitative estimate of drug-likeness (QED) is 0.566. The molecule has 96 valence electrons. The first-order chi connectivity index (χ1) is 8.09. The first-order valence-corrected chi connectivity index (χ1v) is 7.81. The van der Waals surface area contributed by atoms with Gasteiger partial charge in [0, 0.05) is 0 Å². The van der Waals surface area contributed by atoms with Gasteiger partial charge in [-0.1, -0.05) is 15.9 Å². The van der Waals surface area contributed by atoms with E-state index in [0.29, 0.717) is 11.1 Å². The molecule has 0 aliphatic heterocycles. The van der Waals surface area contributed by atoms with E-state index in [2.05, 4.69) is 15.9 Å². The van der Waals surface area contributed by atoms with Gasteiger partial charge in [0.1, 0.15) is 5.76 Å². The molecule has 1 heterocycles. The molecule has 0 saturated heterocycles. The minimum atomic E-state index is -3.76. The van der Waals surface area contributed by atoms with Gasteiger partial charge in [-0.2, -0.15) is 0 Å². The summed E-state index contributed by atoms with van der Waals surface area (Å²) in [5, 5.41) is 0.360. The summed E-state index contributed by atoms with van der Waals surface area (Å²) in [5.74, 6) is 0.412. The van der Waals surface area contributed by atoms with E-state index in [1.54, 1.807) is 13.8 Å². The number of hydrogen-bond donors (Lipinski definition) is 0. The molecule has 0 radical (unpaired) electrons. The second-order valence-corrected chi connectivity index (χ2v) is 5.51. The van der Waals surface area contributed by atoms with Crippen molar-refractivity contribution in [2.75, 3.05) is 13.2 Å². The Labute approximate surface area is 108 Å². The van der Waals surface area contributed by atoms with Gasteiger partial charge in [-0.15, -0.1) is 0 Å². The number of alkyl halides is 1.